The second-order valence-corrected chi connectivity index (χ2v) is 4.83. The van der Waals surface area contributed by atoms with E-state index in [9.17, 15) is 4.79 Å². The summed E-state index contributed by atoms with van der Waals surface area (Å²) in [6, 6.07) is 1.72. The van der Waals surface area contributed by atoms with Crippen molar-refractivity contribution in [2.45, 2.75) is 0 Å². The zero-order valence-corrected chi connectivity index (χ0v) is 10.8. The number of nitrogens with one attached hydrogen (secondary N) is 1. The Morgan fingerprint density at radius 3 is 3.11 bits per heavy atom. The number of nitrogens with two attached hydrogens (primary N) is 1. The lowest BCUT2D eigenvalue weighted by Crippen LogP contribution is -2.12. The van der Waals surface area contributed by atoms with Crippen LogP contribution in [-0.2, 0) is 7.05 Å². The summed E-state index contributed by atoms with van der Waals surface area (Å²) in [4.78, 5) is 20.1. The molecule has 19 heavy (non-hydrogen) atoms. The second-order valence-electron chi connectivity index (χ2n) is 3.92. The molecule has 3 aromatic heterocycles. The first-order valence-corrected chi connectivity index (χ1v) is 6.32. The molecule has 0 aromatic carbocycles. The fourth-order valence-corrected chi connectivity index (χ4v) is 2.51. The topological polar surface area (TPSA) is 98.7 Å². The number of hydrogen-bond donors (Lipinski definition) is 2. The second kappa shape index (κ2) is 4.32. The van der Waals surface area contributed by atoms with E-state index in [1.807, 2.05) is 0 Å². The molecule has 3 rings (SSSR count). The van der Waals surface area contributed by atoms with E-state index in [-0.39, 0.29) is 11.9 Å². The Bertz CT molecular complexity index is 761. The average Bonchev–Trinajstić information content (AvgIpc) is 2.95. The molecule has 96 valence electrons. The van der Waals surface area contributed by atoms with Gasteiger partial charge in [0.1, 0.15) is 0 Å². The monoisotopic (exact) mass is 274 g/mol. The van der Waals surface area contributed by atoms with E-state index in [2.05, 4.69) is 20.4 Å². The number of aromatic nitrogens is 4. The minimum absolute atomic E-state index is 0.151. The third-order valence-electron chi connectivity index (χ3n) is 2.53. The molecule has 0 radical (unpaired) electrons. The molecule has 0 aliphatic heterocycles. The van der Waals surface area contributed by atoms with Gasteiger partial charge in [0.25, 0.3) is 5.91 Å². The van der Waals surface area contributed by atoms with Crippen LogP contribution in [0.1, 0.15) is 10.4 Å². The van der Waals surface area contributed by atoms with Crippen LogP contribution in [-0.4, -0.2) is 25.7 Å². The van der Waals surface area contributed by atoms with Gasteiger partial charge in [-0.15, -0.1) is 11.3 Å². The van der Waals surface area contributed by atoms with Gasteiger partial charge in [0.15, 0.2) is 5.82 Å². The van der Waals surface area contributed by atoms with Crippen LogP contribution in [0.5, 0.6) is 0 Å². The van der Waals surface area contributed by atoms with Gasteiger partial charge >= 0.3 is 0 Å². The predicted octanol–water partition coefficient (Wildman–Crippen LogP) is 1.26. The Morgan fingerprint density at radius 2 is 2.37 bits per heavy atom. The summed E-state index contributed by atoms with van der Waals surface area (Å²) in [6.07, 6.45) is 3.36. The molecule has 1 amide bonds. The molecule has 0 fully saturated rings. The number of amides is 1. The highest BCUT2D eigenvalue weighted by Crippen LogP contribution is 2.24. The Balaban J connectivity index is 1.95. The summed E-state index contributed by atoms with van der Waals surface area (Å²) in [5, 5.41) is 8.53. The predicted molar refractivity (Wildman–Crippen MR) is 73.0 cm³/mol. The average molecular weight is 274 g/mol. The number of thiophene rings is 1. The number of nitrogens with zero attached hydrogens (tertiary/aromatic N) is 4. The number of hydrogen-bond acceptors (Lipinski definition) is 6. The Morgan fingerprint density at radius 1 is 1.53 bits per heavy atom. The molecule has 3 aromatic rings. The zero-order valence-electron chi connectivity index (χ0n) is 9.99. The minimum atomic E-state index is -0.261. The SMILES string of the molecule is Cn1ccc(NC(=O)c2csc3cnc(N)nc23)n1. The minimum Gasteiger partial charge on any atom is -0.368 e. The van der Waals surface area contributed by atoms with E-state index in [1.165, 1.54) is 11.3 Å². The molecule has 0 aliphatic carbocycles. The van der Waals surface area contributed by atoms with Crippen LogP contribution in [0.2, 0.25) is 0 Å². The fourth-order valence-electron chi connectivity index (χ4n) is 1.67. The summed E-state index contributed by atoms with van der Waals surface area (Å²) in [5.74, 6) is 0.384. The molecule has 0 atom stereocenters. The Kier molecular flexibility index (Phi) is 2.64. The van der Waals surface area contributed by atoms with Gasteiger partial charge in [-0.25, -0.2) is 9.97 Å². The number of aryl methyl sites for hydroxylation is 1. The van der Waals surface area contributed by atoms with Gasteiger partial charge in [-0.2, -0.15) is 5.10 Å². The van der Waals surface area contributed by atoms with Crippen LogP contribution in [0, 0.1) is 0 Å². The van der Waals surface area contributed by atoms with E-state index in [0.29, 0.717) is 16.9 Å². The van der Waals surface area contributed by atoms with Crippen LogP contribution in [0.4, 0.5) is 11.8 Å². The largest absolute Gasteiger partial charge is 0.368 e. The highest BCUT2D eigenvalue weighted by Gasteiger charge is 2.15. The summed E-state index contributed by atoms with van der Waals surface area (Å²) in [7, 11) is 1.78. The number of anilines is 2. The molecule has 0 unspecified atom stereocenters. The van der Waals surface area contributed by atoms with Crippen molar-refractivity contribution in [1.29, 1.82) is 0 Å². The summed E-state index contributed by atoms with van der Waals surface area (Å²) < 4.78 is 2.43. The fraction of sp³-hybridized carbons (Fsp3) is 0.0909. The highest BCUT2D eigenvalue weighted by atomic mass is 32.1. The van der Waals surface area contributed by atoms with Crippen molar-refractivity contribution >= 4 is 39.2 Å². The molecule has 0 saturated heterocycles. The van der Waals surface area contributed by atoms with Crippen molar-refractivity contribution in [2.24, 2.45) is 7.05 Å². The van der Waals surface area contributed by atoms with Crippen molar-refractivity contribution < 1.29 is 4.79 Å². The number of carbonyl (C=O) groups excluding carboxylic acids is 1. The normalized spacial score (nSPS) is 10.8. The van der Waals surface area contributed by atoms with E-state index in [1.54, 1.807) is 35.6 Å². The van der Waals surface area contributed by atoms with Gasteiger partial charge in [-0.1, -0.05) is 0 Å². The number of nitrogen functional groups attached to an aromatic ring is 1. The molecule has 0 spiro atoms. The number of carbonyl (C=O) groups is 1. The molecule has 0 bridgehead atoms. The third-order valence-corrected chi connectivity index (χ3v) is 3.44. The van der Waals surface area contributed by atoms with Gasteiger partial charge in [0, 0.05) is 24.7 Å². The molecule has 3 N–H and O–H groups in total. The van der Waals surface area contributed by atoms with E-state index in [0.717, 1.165) is 4.70 Å². The van der Waals surface area contributed by atoms with E-state index < -0.39 is 0 Å². The molecule has 8 heteroatoms. The van der Waals surface area contributed by atoms with Gasteiger partial charge in [0.2, 0.25) is 5.95 Å². The first-order chi connectivity index (χ1) is 9.13. The van der Waals surface area contributed by atoms with Crippen molar-refractivity contribution in [3.63, 3.8) is 0 Å². The Labute approximate surface area is 112 Å². The molecule has 0 saturated carbocycles. The van der Waals surface area contributed by atoms with Crippen LogP contribution in [0.25, 0.3) is 10.2 Å². The molecular formula is C11H10N6OS. The van der Waals surface area contributed by atoms with Crippen LogP contribution >= 0.6 is 11.3 Å². The van der Waals surface area contributed by atoms with Crippen molar-refractivity contribution in [1.82, 2.24) is 19.7 Å². The lowest BCUT2D eigenvalue weighted by Gasteiger charge is -2.00. The summed E-state index contributed by atoms with van der Waals surface area (Å²) >= 11 is 1.40. The lowest BCUT2D eigenvalue weighted by molar-refractivity contribution is 0.102. The smallest absolute Gasteiger partial charge is 0.259 e. The van der Waals surface area contributed by atoms with Gasteiger partial charge in [0.05, 0.1) is 22.0 Å². The lowest BCUT2D eigenvalue weighted by atomic mass is 10.2. The van der Waals surface area contributed by atoms with Gasteiger partial charge in [-0.05, 0) is 0 Å². The van der Waals surface area contributed by atoms with Gasteiger partial charge in [-0.3, -0.25) is 9.48 Å². The third kappa shape index (κ3) is 2.13. The molecule has 7 nitrogen and oxygen atoms in total. The van der Waals surface area contributed by atoms with Crippen LogP contribution in [0.3, 0.4) is 0 Å². The van der Waals surface area contributed by atoms with E-state index in [4.69, 9.17) is 5.73 Å². The van der Waals surface area contributed by atoms with Crippen LogP contribution in [0.15, 0.2) is 23.8 Å². The van der Waals surface area contributed by atoms with Gasteiger partial charge < -0.3 is 11.1 Å². The maximum atomic E-state index is 12.2. The molecule has 0 aliphatic rings. The zero-order chi connectivity index (χ0) is 13.4. The molecule has 3 heterocycles. The van der Waals surface area contributed by atoms with Crippen molar-refractivity contribution in [3.8, 4) is 0 Å². The summed E-state index contributed by atoms with van der Waals surface area (Å²) in [5.41, 5.74) is 6.58. The standard InChI is InChI=1S/C11H10N6OS/c1-17-3-2-8(16-17)14-10(18)6-5-19-7-4-13-11(12)15-9(6)7/h2-5H,1H3,(H2,12,13,15)(H,14,16,18). The molecular weight excluding hydrogens is 264 g/mol. The quantitative estimate of drug-likeness (QED) is 0.733. The van der Waals surface area contributed by atoms with Crippen molar-refractivity contribution in [2.75, 3.05) is 11.1 Å². The van der Waals surface area contributed by atoms with E-state index >= 15 is 0 Å². The van der Waals surface area contributed by atoms with Crippen LogP contribution < -0.4 is 11.1 Å². The summed E-state index contributed by atoms with van der Waals surface area (Å²) in [6.45, 7) is 0. The maximum Gasteiger partial charge on any atom is 0.259 e. The highest BCUT2D eigenvalue weighted by molar-refractivity contribution is 7.17. The first-order valence-electron chi connectivity index (χ1n) is 5.44. The first kappa shape index (κ1) is 11.6. The number of fused-ring (bicyclic) bond motifs is 1. The number of rotatable bonds is 2. The van der Waals surface area contributed by atoms with Crippen molar-refractivity contribution in [3.05, 3.63) is 29.4 Å². The Hall–Kier alpha value is -2.48. The maximum absolute atomic E-state index is 12.2.